The molecule has 3 rings (SSSR count). The van der Waals surface area contributed by atoms with Gasteiger partial charge in [-0.2, -0.15) is 4.31 Å². The van der Waals surface area contributed by atoms with Crippen LogP contribution in [0.2, 0.25) is 0 Å². The number of hydrogen-bond donors (Lipinski definition) is 1. The molecule has 1 fully saturated rings. The van der Waals surface area contributed by atoms with Gasteiger partial charge in [-0.1, -0.05) is 36.8 Å². The molecule has 1 aliphatic heterocycles. The highest BCUT2D eigenvalue weighted by molar-refractivity contribution is 7.91. The number of amides is 1. The van der Waals surface area contributed by atoms with Gasteiger partial charge in [-0.15, -0.1) is 11.3 Å². The molecule has 5 nitrogen and oxygen atoms in total. The van der Waals surface area contributed by atoms with E-state index in [1.807, 2.05) is 0 Å². The third-order valence-corrected chi connectivity index (χ3v) is 8.61. The minimum absolute atomic E-state index is 0.0575. The van der Waals surface area contributed by atoms with E-state index < -0.39 is 10.0 Å². The highest BCUT2D eigenvalue weighted by atomic mass is 32.2. The fourth-order valence-corrected chi connectivity index (χ4v) is 6.49. The maximum Gasteiger partial charge on any atom is 0.252 e. The van der Waals surface area contributed by atoms with Gasteiger partial charge in [0.1, 0.15) is 4.21 Å². The van der Waals surface area contributed by atoms with Gasteiger partial charge in [0, 0.05) is 13.1 Å². The second-order valence-electron chi connectivity index (χ2n) is 7.46. The summed E-state index contributed by atoms with van der Waals surface area (Å²) in [6, 6.07) is 9.57. The van der Waals surface area contributed by atoms with E-state index in [0.29, 0.717) is 23.6 Å². The van der Waals surface area contributed by atoms with Crippen LogP contribution in [0.3, 0.4) is 0 Å². The first-order chi connectivity index (χ1) is 13.3. The van der Waals surface area contributed by atoms with Crippen molar-refractivity contribution in [1.82, 2.24) is 9.62 Å². The van der Waals surface area contributed by atoms with E-state index >= 15 is 0 Å². The molecule has 0 aliphatic carbocycles. The van der Waals surface area contributed by atoms with Crippen molar-refractivity contribution in [3.63, 3.8) is 0 Å². The normalized spacial score (nSPS) is 19.3. The zero-order valence-corrected chi connectivity index (χ0v) is 18.3. The predicted molar refractivity (Wildman–Crippen MR) is 113 cm³/mol. The van der Waals surface area contributed by atoms with Crippen LogP contribution in [0.25, 0.3) is 0 Å². The third kappa shape index (κ3) is 4.47. The number of carbonyl (C=O) groups excluding carboxylic acids is 1. The highest BCUT2D eigenvalue weighted by Gasteiger charge is 2.34. The van der Waals surface area contributed by atoms with Crippen LogP contribution in [0.4, 0.5) is 0 Å². The maximum atomic E-state index is 12.9. The fourth-order valence-electron chi connectivity index (χ4n) is 3.82. The number of thiophene rings is 1. The Morgan fingerprint density at radius 3 is 2.75 bits per heavy atom. The molecule has 1 aliphatic rings. The number of carbonyl (C=O) groups is 1. The molecule has 0 radical (unpaired) electrons. The van der Waals surface area contributed by atoms with E-state index in [1.165, 1.54) is 21.2 Å². The monoisotopic (exact) mass is 420 g/mol. The smallest absolute Gasteiger partial charge is 0.252 e. The van der Waals surface area contributed by atoms with E-state index in [4.69, 9.17) is 0 Å². The summed E-state index contributed by atoms with van der Waals surface area (Å²) in [6.07, 6.45) is 2.20. The van der Waals surface area contributed by atoms with E-state index in [1.54, 1.807) is 17.5 Å². The van der Waals surface area contributed by atoms with Crippen molar-refractivity contribution < 1.29 is 13.2 Å². The van der Waals surface area contributed by atoms with Crippen molar-refractivity contribution in [3.8, 4) is 0 Å². The van der Waals surface area contributed by atoms with Crippen LogP contribution in [0.1, 0.15) is 48.9 Å². The maximum absolute atomic E-state index is 12.9. The SMILES string of the molecule is CCC(NC(=O)C1CCCN(S(=O)(=O)c2cccs2)C1)c1ccc(C)cc1C. The molecule has 28 heavy (non-hydrogen) atoms. The highest BCUT2D eigenvalue weighted by Crippen LogP contribution is 2.28. The first-order valence-electron chi connectivity index (χ1n) is 9.74. The molecular formula is C21H28N2O3S2. The standard InChI is InChI=1S/C21H28N2O3S2/c1-4-19(18-10-9-15(2)13-16(18)3)22-21(24)17-7-5-11-23(14-17)28(25,26)20-8-6-12-27-20/h6,8-10,12-13,17,19H,4-5,7,11,14H2,1-3H3,(H,22,24). The number of piperidine rings is 1. The van der Waals surface area contributed by atoms with Gasteiger partial charge >= 0.3 is 0 Å². The molecule has 1 aromatic heterocycles. The lowest BCUT2D eigenvalue weighted by Crippen LogP contribution is -2.45. The summed E-state index contributed by atoms with van der Waals surface area (Å²) in [5, 5.41) is 4.92. The average Bonchev–Trinajstić information content (AvgIpc) is 3.22. The summed E-state index contributed by atoms with van der Waals surface area (Å²) in [5.41, 5.74) is 3.49. The lowest BCUT2D eigenvalue weighted by atomic mass is 9.95. The molecule has 0 saturated carbocycles. The molecule has 0 spiro atoms. The Labute approximate surface area is 171 Å². The van der Waals surface area contributed by atoms with Gasteiger partial charge in [-0.3, -0.25) is 4.79 Å². The molecule has 1 aromatic carbocycles. The number of rotatable bonds is 6. The number of aryl methyl sites for hydroxylation is 2. The largest absolute Gasteiger partial charge is 0.349 e. The van der Waals surface area contributed by atoms with Crippen LogP contribution in [-0.4, -0.2) is 31.7 Å². The van der Waals surface area contributed by atoms with Crippen LogP contribution in [0, 0.1) is 19.8 Å². The van der Waals surface area contributed by atoms with Crippen molar-refractivity contribution in [1.29, 1.82) is 0 Å². The summed E-state index contributed by atoms with van der Waals surface area (Å²) in [4.78, 5) is 12.9. The van der Waals surface area contributed by atoms with Gasteiger partial charge in [0.05, 0.1) is 12.0 Å². The Balaban J connectivity index is 1.71. The molecule has 0 bridgehead atoms. The van der Waals surface area contributed by atoms with Crippen molar-refractivity contribution >= 4 is 27.3 Å². The van der Waals surface area contributed by atoms with Crippen LogP contribution < -0.4 is 5.32 Å². The van der Waals surface area contributed by atoms with E-state index in [-0.39, 0.29) is 24.4 Å². The van der Waals surface area contributed by atoms with Crippen molar-refractivity contribution in [2.75, 3.05) is 13.1 Å². The van der Waals surface area contributed by atoms with Gasteiger partial charge in [0.25, 0.3) is 10.0 Å². The molecule has 1 amide bonds. The number of benzene rings is 1. The summed E-state index contributed by atoms with van der Waals surface area (Å²) in [5.74, 6) is -0.374. The Morgan fingerprint density at radius 2 is 2.11 bits per heavy atom. The number of nitrogens with zero attached hydrogens (tertiary/aromatic N) is 1. The third-order valence-electron chi connectivity index (χ3n) is 5.37. The minimum atomic E-state index is -3.51. The second kappa shape index (κ2) is 8.76. The van der Waals surface area contributed by atoms with Crippen LogP contribution in [0.15, 0.2) is 39.9 Å². The molecule has 1 saturated heterocycles. The van der Waals surface area contributed by atoms with Gasteiger partial charge in [-0.25, -0.2) is 8.42 Å². The van der Waals surface area contributed by atoms with Crippen molar-refractivity contribution in [3.05, 3.63) is 52.4 Å². The predicted octanol–water partition coefficient (Wildman–Crippen LogP) is 4.03. The van der Waals surface area contributed by atoms with Gasteiger partial charge in [0.2, 0.25) is 5.91 Å². The zero-order chi connectivity index (χ0) is 20.3. The van der Waals surface area contributed by atoms with E-state index in [9.17, 15) is 13.2 Å². The second-order valence-corrected chi connectivity index (χ2v) is 10.6. The van der Waals surface area contributed by atoms with E-state index in [2.05, 4.69) is 44.3 Å². The number of sulfonamides is 1. The summed E-state index contributed by atoms with van der Waals surface area (Å²) in [7, 11) is -3.51. The summed E-state index contributed by atoms with van der Waals surface area (Å²) in [6.45, 7) is 6.89. The zero-order valence-electron chi connectivity index (χ0n) is 16.6. The van der Waals surface area contributed by atoms with Gasteiger partial charge in [0.15, 0.2) is 0 Å². The molecular weight excluding hydrogens is 392 g/mol. The minimum Gasteiger partial charge on any atom is -0.349 e. The topological polar surface area (TPSA) is 66.5 Å². The molecule has 2 aromatic rings. The number of hydrogen-bond acceptors (Lipinski definition) is 4. The van der Waals surface area contributed by atoms with Gasteiger partial charge in [-0.05, 0) is 55.7 Å². The quantitative estimate of drug-likeness (QED) is 0.767. The average molecular weight is 421 g/mol. The molecule has 1 N–H and O–H groups in total. The lowest BCUT2D eigenvalue weighted by Gasteiger charge is -2.32. The summed E-state index contributed by atoms with van der Waals surface area (Å²) >= 11 is 1.22. The Morgan fingerprint density at radius 1 is 1.32 bits per heavy atom. The Kier molecular flexibility index (Phi) is 6.58. The van der Waals surface area contributed by atoms with Crippen LogP contribution in [0.5, 0.6) is 0 Å². The number of nitrogens with one attached hydrogen (secondary N) is 1. The Bertz CT molecular complexity index is 923. The van der Waals surface area contributed by atoms with E-state index in [0.717, 1.165) is 17.5 Å². The van der Waals surface area contributed by atoms with Crippen LogP contribution in [-0.2, 0) is 14.8 Å². The lowest BCUT2D eigenvalue weighted by molar-refractivity contribution is -0.126. The molecule has 152 valence electrons. The summed E-state index contributed by atoms with van der Waals surface area (Å²) < 4.78 is 27.4. The first-order valence-corrected chi connectivity index (χ1v) is 12.1. The molecule has 2 atom stereocenters. The van der Waals surface area contributed by atoms with Crippen LogP contribution >= 0.6 is 11.3 Å². The van der Waals surface area contributed by atoms with Gasteiger partial charge < -0.3 is 5.32 Å². The first kappa shape index (κ1) is 21.0. The Hall–Kier alpha value is -1.70. The fraction of sp³-hybridized carbons (Fsp3) is 0.476. The van der Waals surface area contributed by atoms with Crippen molar-refractivity contribution in [2.45, 2.75) is 50.3 Å². The molecule has 7 heteroatoms. The molecule has 2 heterocycles. The van der Waals surface area contributed by atoms with Crippen molar-refractivity contribution in [2.24, 2.45) is 5.92 Å². The molecule has 2 unspecified atom stereocenters.